The van der Waals surface area contributed by atoms with Gasteiger partial charge in [-0.2, -0.15) is 0 Å². The number of hydrogen-bond acceptors (Lipinski definition) is 4. The minimum Gasteiger partial charge on any atom is -0.370 e. The second-order valence-corrected chi connectivity index (χ2v) is 7.14. The van der Waals surface area contributed by atoms with E-state index in [1.807, 2.05) is 24.3 Å². The molecule has 0 radical (unpaired) electrons. The number of benzene rings is 2. The number of hydrogen-bond donors (Lipinski definition) is 1. The fourth-order valence-corrected chi connectivity index (χ4v) is 3.77. The molecule has 29 heavy (non-hydrogen) atoms. The number of piperazine rings is 1. The van der Waals surface area contributed by atoms with Crippen molar-refractivity contribution in [1.29, 1.82) is 0 Å². The molecule has 3 rings (SSSR count). The third-order valence-corrected chi connectivity index (χ3v) is 5.23. The van der Waals surface area contributed by atoms with E-state index in [2.05, 4.69) is 40.1 Å². The van der Waals surface area contributed by atoms with Crippen molar-refractivity contribution in [2.75, 3.05) is 45.9 Å². The Morgan fingerprint density at radius 2 is 1.62 bits per heavy atom. The molecule has 1 amide bonds. The Bertz CT molecular complexity index is 741. The molecule has 5 nitrogen and oxygen atoms in total. The first kappa shape index (κ1) is 25.7. The second-order valence-electron chi connectivity index (χ2n) is 6.73. The molecule has 1 aliphatic heterocycles. The Labute approximate surface area is 190 Å². The number of ether oxygens (including phenoxy) is 1. The molecular weight excluding hydrogens is 433 g/mol. The van der Waals surface area contributed by atoms with Gasteiger partial charge in [-0.25, -0.2) is 0 Å². The minimum absolute atomic E-state index is 0. The van der Waals surface area contributed by atoms with Gasteiger partial charge >= 0.3 is 0 Å². The average Bonchev–Trinajstić information content (AvgIpc) is 2.69. The van der Waals surface area contributed by atoms with Gasteiger partial charge in [0, 0.05) is 37.7 Å². The Kier molecular flexibility index (Phi) is 11.6. The van der Waals surface area contributed by atoms with E-state index in [4.69, 9.17) is 22.1 Å². The molecule has 2 N–H and O–H groups in total. The van der Waals surface area contributed by atoms with Gasteiger partial charge in [0.15, 0.2) is 0 Å². The zero-order valence-corrected chi connectivity index (χ0v) is 18.6. The molecule has 1 fully saturated rings. The zero-order chi connectivity index (χ0) is 19.1. The number of amides is 1. The van der Waals surface area contributed by atoms with Crippen molar-refractivity contribution < 1.29 is 9.53 Å². The maximum atomic E-state index is 10.7. The van der Waals surface area contributed by atoms with E-state index in [0.717, 1.165) is 43.3 Å². The first-order chi connectivity index (χ1) is 13.1. The lowest BCUT2D eigenvalue weighted by molar-refractivity contribution is -0.122. The number of primary amides is 1. The van der Waals surface area contributed by atoms with Crippen molar-refractivity contribution in [2.24, 2.45) is 5.73 Å². The van der Waals surface area contributed by atoms with Gasteiger partial charge in [-0.3, -0.25) is 14.6 Å². The van der Waals surface area contributed by atoms with Crippen LogP contribution in [0.3, 0.4) is 0 Å². The van der Waals surface area contributed by atoms with E-state index in [1.165, 1.54) is 5.56 Å². The highest BCUT2D eigenvalue weighted by Crippen LogP contribution is 2.33. The van der Waals surface area contributed by atoms with E-state index >= 15 is 0 Å². The molecular formula is C21H28Cl3N3O2. The van der Waals surface area contributed by atoms with Crippen molar-refractivity contribution in [2.45, 2.75) is 6.04 Å². The summed E-state index contributed by atoms with van der Waals surface area (Å²) in [5.74, 6) is -0.426. The highest BCUT2D eigenvalue weighted by atomic mass is 35.5. The van der Waals surface area contributed by atoms with Crippen LogP contribution in [0.4, 0.5) is 0 Å². The van der Waals surface area contributed by atoms with Gasteiger partial charge in [0.05, 0.1) is 12.6 Å². The van der Waals surface area contributed by atoms with Gasteiger partial charge in [0.25, 0.3) is 0 Å². The number of rotatable bonds is 8. The molecule has 2 aromatic rings. The Hall–Kier alpha value is -1.34. The lowest BCUT2D eigenvalue weighted by Gasteiger charge is -2.40. The fourth-order valence-electron chi connectivity index (χ4n) is 3.53. The first-order valence-corrected chi connectivity index (χ1v) is 9.65. The van der Waals surface area contributed by atoms with Crippen LogP contribution in [0.1, 0.15) is 17.2 Å². The summed E-state index contributed by atoms with van der Waals surface area (Å²) in [7, 11) is 0. The van der Waals surface area contributed by atoms with Crippen LogP contribution in [0.5, 0.6) is 0 Å². The van der Waals surface area contributed by atoms with Gasteiger partial charge < -0.3 is 10.5 Å². The van der Waals surface area contributed by atoms with Gasteiger partial charge in [-0.05, 0) is 17.2 Å². The summed E-state index contributed by atoms with van der Waals surface area (Å²) in [5, 5.41) is 0.800. The molecule has 1 aliphatic rings. The summed E-state index contributed by atoms with van der Waals surface area (Å²) in [6.07, 6.45) is 0. The van der Waals surface area contributed by atoms with E-state index in [0.29, 0.717) is 6.61 Å². The fraction of sp³-hybridized carbons (Fsp3) is 0.381. The number of nitrogens with zero attached hydrogens (tertiary/aromatic N) is 2. The van der Waals surface area contributed by atoms with Gasteiger partial charge in [0.2, 0.25) is 5.91 Å². The summed E-state index contributed by atoms with van der Waals surface area (Å²) in [5.41, 5.74) is 7.49. The van der Waals surface area contributed by atoms with Crippen LogP contribution in [0.2, 0.25) is 5.02 Å². The highest BCUT2D eigenvalue weighted by Gasteiger charge is 2.27. The van der Waals surface area contributed by atoms with E-state index in [1.54, 1.807) is 0 Å². The molecule has 0 spiro atoms. The minimum atomic E-state index is -0.426. The normalized spacial score (nSPS) is 15.8. The number of nitrogens with two attached hydrogens (primary N) is 1. The summed E-state index contributed by atoms with van der Waals surface area (Å²) in [6, 6.07) is 18.8. The van der Waals surface area contributed by atoms with Crippen molar-refractivity contribution in [1.82, 2.24) is 9.80 Å². The zero-order valence-electron chi connectivity index (χ0n) is 16.2. The van der Waals surface area contributed by atoms with E-state index < -0.39 is 5.91 Å². The smallest absolute Gasteiger partial charge is 0.243 e. The van der Waals surface area contributed by atoms with Crippen molar-refractivity contribution in [3.05, 3.63) is 70.7 Å². The molecule has 2 aromatic carbocycles. The maximum Gasteiger partial charge on any atom is 0.243 e. The molecule has 1 saturated heterocycles. The predicted octanol–water partition coefficient (Wildman–Crippen LogP) is 3.39. The molecule has 1 unspecified atom stereocenters. The van der Waals surface area contributed by atoms with Gasteiger partial charge in [0.1, 0.15) is 6.61 Å². The van der Waals surface area contributed by atoms with Crippen LogP contribution in [0.25, 0.3) is 0 Å². The molecule has 1 heterocycles. The van der Waals surface area contributed by atoms with Crippen molar-refractivity contribution >= 4 is 42.3 Å². The van der Waals surface area contributed by atoms with Crippen LogP contribution < -0.4 is 5.73 Å². The van der Waals surface area contributed by atoms with Crippen LogP contribution >= 0.6 is 36.4 Å². The molecule has 0 aliphatic carbocycles. The van der Waals surface area contributed by atoms with E-state index in [-0.39, 0.29) is 37.5 Å². The molecule has 160 valence electrons. The third kappa shape index (κ3) is 7.45. The molecule has 0 bridgehead atoms. The van der Waals surface area contributed by atoms with Crippen LogP contribution in [0, 0.1) is 0 Å². The highest BCUT2D eigenvalue weighted by molar-refractivity contribution is 6.31. The largest absolute Gasteiger partial charge is 0.370 e. The molecule has 8 heteroatoms. The number of carbonyl (C=O) groups is 1. The second kappa shape index (κ2) is 13.1. The lowest BCUT2D eigenvalue weighted by atomic mass is 9.96. The number of carbonyl (C=O) groups excluding carboxylic acids is 1. The van der Waals surface area contributed by atoms with Crippen molar-refractivity contribution in [3.63, 3.8) is 0 Å². The summed E-state index contributed by atoms with van der Waals surface area (Å²) >= 11 is 6.54. The predicted molar refractivity (Wildman–Crippen MR) is 122 cm³/mol. The Balaban J connectivity index is 0.00000210. The maximum absolute atomic E-state index is 10.7. The van der Waals surface area contributed by atoms with Gasteiger partial charge in [-0.15, -0.1) is 24.8 Å². The van der Waals surface area contributed by atoms with Crippen molar-refractivity contribution in [3.8, 4) is 0 Å². The SMILES string of the molecule is Cl.Cl.NC(=O)COCCN1CCN(C(c2ccccc2)c2ccccc2Cl)CC1. The standard InChI is InChI=1S/C21H26ClN3O2.2ClH/c22-19-9-5-4-8-18(19)21(17-6-2-1-3-7-17)25-12-10-24(11-13-25)14-15-27-16-20(23)26;;/h1-9,21H,10-16H2,(H2,23,26);2*1H. The monoisotopic (exact) mass is 459 g/mol. The van der Waals surface area contributed by atoms with Crippen LogP contribution in [-0.4, -0.2) is 61.6 Å². The average molecular weight is 461 g/mol. The van der Waals surface area contributed by atoms with Crippen LogP contribution in [-0.2, 0) is 9.53 Å². The topological polar surface area (TPSA) is 58.8 Å². The molecule has 0 saturated carbocycles. The van der Waals surface area contributed by atoms with Crippen LogP contribution in [0.15, 0.2) is 54.6 Å². The Morgan fingerprint density at radius 3 is 2.24 bits per heavy atom. The summed E-state index contributed by atoms with van der Waals surface area (Å²) in [6.45, 7) is 5.12. The molecule has 0 aromatic heterocycles. The number of halogens is 3. The first-order valence-electron chi connectivity index (χ1n) is 9.27. The third-order valence-electron chi connectivity index (χ3n) is 4.88. The van der Waals surface area contributed by atoms with E-state index in [9.17, 15) is 4.79 Å². The lowest BCUT2D eigenvalue weighted by Crippen LogP contribution is -2.48. The Morgan fingerprint density at radius 1 is 1.00 bits per heavy atom. The quantitative estimate of drug-likeness (QED) is 0.614. The summed E-state index contributed by atoms with van der Waals surface area (Å²) < 4.78 is 5.28. The molecule has 1 atom stereocenters. The van der Waals surface area contributed by atoms with Gasteiger partial charge in [-0.1, -0.05) is 60.1 Å². The summed E-state index contributed by atoms with van der Waals surface area (Å²) in [4.78, 5) is 15.6.